The maximum atomic E-state index is 12.1. The predicted molar refractivity (Wildman–Crippen MR) is 86.0 cm³/mol. The van der Waals surface area contributed by atoms with E-state index in [1.165, 1.54) is 11.3 Å². The molecule has 2 aromatic rings. The number of rotatable bonds is 6. The normalized spacial score (nSPS) is 14.8. The standard InChI is InChI=1S/C14H16ClNO3S2/c1-14(17,12-6-7-20-8-12)10-16-21(18,19)9-11-4-2-3-5-13(11)15/h2-8,16-17H,9-10H2,1H3. The lowest BCUT2D eigenvalue weighted by molar-refractivity contribution is 0.0632. The molecule has 4 nitrogen and oxygen atoms in total. The Labute approximate surface area is 133 Å². The van der Waals surface area contributed by atoms with Gasteiger partial charge in [0.15, 0.2) is 0 Å². The Morgan fingerprint density at radius 1 is 1.33 bits per heavy atom. The Kier molecular flexibility index (Phi) is 5.06. The van der Waals surface area contributed by atoms with Crippen molar-refractivity contribution in [3.63, 3.8) is 0 Å². The Morgan fingerprint density at radius 3 is 2.67 bits per heavy atom. The zero-order chi connectivity index (χ0) is 15.5. The minimum atomic E-state index is -3.57. The van der Waals surface area contributed by atoms with Gasteiger partial charge in [0.05, 0.1) is 5.75 Å². The summed E-state index contributed by atoms with van der Waals surface area (Å²) in [6, 6.07) is 8.56. The van der Waals surface area contributed by atoms with Crippen molar-refractivity contribution in [2.75, 3.05) is 6.54 Å². The number of hydrogen-bond donors (Lipinski definition) is 2. The molecule has 0 saturated heterocycles. The van der Waals surface area contributed by atoms with Crippen molar-refractivity contribution >= 4 is 33.0 Å². The molecule has 0 amide bonds. The molecule has 2 N–H and O–H groups in total. The SMILES string of the molecule is CC(O)(CNS(=O)(=O)Cc1ccccc1Cl)c1ccsc1. The first-order valence-electron chi connectivity index (χ1n) is 6.26. The number of sulfonamides is 1. The molecule has 1 atom stereocenters. The molecule has 0 aliphatic rings. The highest BCUT2D eigenvalue weighted by atomic mass is 35.5. The van der Waals surface area contributed by atoms with Crippen LogP contribution < -0.4 is 4.72 Å². The van der Waals surface area contributed by atoms with Crippen LogP contribution in [0.15, 0.2) is 41.1 Å². The van der Waals surface area contributed by atoms with Crippen molar-refractivity contribution in [2.45, 2.75) is 18.3 Å². The number of benzene rings is 1. The van der Waals surface area contributed by atoms with Crippen molar-refractivity contribution in [3.8, 4) is 0 Å². The monoisotopic (exact) mass is 345 g/mol. The molecule has 0 radical (unpaired) electrons. The Bertz CT molecular complexity index is 697. The van der Waals surface area contributed by atoms with Crippen molar-refractivity contribution < 1.29 is 13.5 Å². The molecular formula is C14H16ClNO3S2. The third-order valence-corrected chi connectivity index (χ3v) is 5.41. The van der Waals surface area contributed by atoms with Crippen LogP contribution in [0.1, 0.15) is 18.1 Å². The summed E-state index contributed by atoms with van der Waals surface area (Å²) >= 11 is 7.41. The summed E-state index contributed by atoms with van der Waals surface area (Å²) in [5, 5.41) is 14.4. The number of thiophene rings is 1. The summed E-state index contributed by atoms with van der Waals surface area (Å²) in [5.74, 6) is -0.216. The predicted octanol–water partition coefficient (Wildman–Crippen LogP) is 2.73. The minimum absolute atomic E-state index is 0.0868. The first kappa shape index (κ1) is 16.5. The lowest BCUT2D eigenvalue weighted by atomic mass is 10.0. The maximum Gasteiger partial charge on any atom is 0.215 e. The van der Waals surface area contributed by atoms with Crippen molar-refractivity contribution in [3.05, 3.63) is 57.2 Å². The highest BCUT2D eigenvalue weighted by Gasteiger charge is 2.26. The first-order valence-corrected chi connectivity index (χ1v) is 9.23. The summed E-state index contributed by atoms with van der Waals surface area (Å²) in [7, 11) is -3.57. The zero-order valence-electron chi connectivity index (χ0n) is 11.4. The molecule has 0 spiro atoms. The molecule has 1 aromatic heterocycles. The highest BCUT2D eigenvalue weighted by Crippen LogP contribution is 2.23. The van der Waals surface area contributed by atoms with Crippen LogP contribution in [0.2, 0.25) is 5.02 Å². The van der Waals surface area contributed by atoms with Crippen LogP contribution in [0.3, 0.4) is 0 Å². The van der Waals surface area contributed by atoms with Crippen LogP contribution in [0.4, 0.5) is 0 Å². The molecule has 0 aliphatic heterocycles. The van der Waals surface area contributed by atoms with E-state index in [1.807, 2.05) is 5.38 Å². The molecule has 1 heterocycles. The fourth-order valence-corrected chi connectivity index (χ4v) is 4.12. The van der Waals surface area contributed by atoms with E-state index in [0.29, 0.717) is 16.1 Å². The topological polar surface area (TPSA) is 66.4 Å². The molecule has 21 heavy (non-hydrogen) atoms. The van der Waals surface area contributed by atoms with Crippen LogP contribution in [0.25, 0.3) is 0 Å². The summed E-state index contributed by atoms with van der Waals surface area (Å²) in [6.45, 7) is 1.49. The Hall–Kier alpha value is -0.920. The van der Waals surface area contributed by atoms with Gasteiger partial charge in [0.25, 0.3) is 0 Å². The van der Waals surface area contributed by atoms with E-state index in [1.54, 1.807) is 42.6 Å². The van der Waals surface area contributed by atoms with E-state index in [4.69, 9.17) is 11.6 Å². The molecule has 0 fully saturated rings. The number of aliphatic hydroxyl groups is 1. The Balaban J connectivity index is 2.04. The van der Waals surface area contributed by atoms with Gasteiger partial charge in [0.1, 0.15) is 5.60 Å². The van der Waals surface area contributed by atoms with Gasteiger partial charge in [-0.2, -0.15) is 11.3 Å². The lowest BCUT2D eigenvalue weighted by Gasteiger charge is -2.22. The zero-order valence-corrected chi connectivity index (χ0v) is 13.8. The summed E-state index contributed by atoms with van der Waals surface area (Å²) < 4.78 is 26.6. The molecule has 2 rings (SSSR count). The molecule has 7 heteroatoms. The number of nitrogens with one attached hydrogen (secondary N) is 1. The van der Waals surface area contributed by atoms with E-state index < -0.39 is 15.6 Å². The quantitative estimate of drug-likeness (QED) is 0.846. The summed E-state index contributed by atoms with van der Waals surface area (Å²) in [4.78, 5) is 0. The fraction of sp³-hybridized carbons (Fsp3) is 0.286. The van der Waals surface area contributed by atoms with Crippen LogP contribution in [0, 0.1) is 0 Å². The first-order chi connectivity index (χ1) is 9.80. The van der Waals surface area contributed by atoms with Gasteiger partial charge >= 0.3 is 0 Å². The van der Waals surface area contributed by atoms with Crippen LogP contribution >= 0.6 is 22.9 Å². The van der Waals surface area contributed by atoms with Gasteiger partial charge in [-0.15, -0.1) is 0 Å². The van der Waals surface area contributed by atoms with Crippen molar-refractivity contribution in [2.24, 2.45) is 0 Å². The molecule has 1 unspecified atom stereocenters. The van der Waals surface area contributed by atoms with Crippen LogP contribution in [-0.2, 0) is 21.4 Å². The third-order valence-electron chi connectivity index (χ3n) is 3.08. The second-order valence-electron chi connectivity index (χ2n) is 4.96. The second kappa shape index (κ2) is 6.46. The maximum absolute atomic E-state index is 12.1. The van der Waals surface area contributed by atoms with Gasteiger partial charge in [-0.1, -0.05) is 29.8 Å². The van der Waals surface area contributed by atoms with Crippen molar-refractivity contribution in [1.29, 1.82) is 0 Å². The minimum Gasteiger partial charge on any atom is -0.384 e. The third kappa shape index (κ3) is 4.52. The van der Waals surface area contributed by atoms with E-state index in [0.717, 1.165) is 0 Å². The molecular weight excluding hydrogens is 330 g/mol. The van der Waals surface area contributed by atoms with E-state index in [-0.39, 0.29) is 12.3 Å². The molecule has 0 bridgehead atoms. The smallest absolute Gasteiger partial charge is 0.215 e. The number of halogens is 1. The molecule has 1 aromatic carbocycles. The average molecular weight is 346 g/mol. The average Bonchev–Trinajstić information content (AvgIpc) is 2.94. The largest absolute Gasteiger partial charge is 0.384 e. The van der Waals surface area contributed by atoms with E-state index in [9.17, 15) is 13.5 Å². The van der Waals surface area contributed by atoms with Gasteiger partial charge in [0.2, 0.25) is 10.0 Å². The molecule has 114 valence electrons. The Morgan fingerprint density at radius 2 is 2.05 bits per heavy atom. The second-order valence-corrected chi connectivity index (χ2v) is 7.95. The molecule has 0 aliphatic carbocycles. The van der Waals surface area contributed by atoms with E-state index >= 15 is 0 Å². The van der Waals surface area contributed by atoms with Crippen LogP contribution in [0.5, 0.6) is 0 Å². The van der Waals surface area contributed by atoms with Gasteiger partial charge in [-0.3, -0.25) is 0 Å². The fourth-order valence-electron chi connectivity index (χ4n) is 1.79. The lowest BCUT2D eigenvalue weighted by Crippen LogP contribution is -2.38. The van der Waals surface area contributed by atoms with Gasteiger partial charge in [0, 0.05) is 11.6 Å². The number of hydrogen-bond acceptors (Lipinski definition) is 4. The van der Waals surface area contributed by atoms with Crippen molar-refractivity contribution in [1.82, 2.24) is 4.72 Å². The molecule has 0 saturated carbocycles. The summed E-state index contributed by atoms with van der Waals surface area (Å²) in [6.07, 6.45) is 0. The highest BCUT2D eigenvalue weighted by molar-refractivity contribution is 7.88. The van der Waals surface area contributed by atoms with Gasteiger partial charge < -0.3 is 5.11 Å². The summed E-state index contributed by atoms with van der Waals surface area (Å²) in [5.41, 5.74) is -0.0251. The van der Waals surface area contributed by atoms with Crippen LogP contribution in [-0.4, -0.2) is 20.1 Å². The van der Waals surface area contributed by atoms with Gasteiger partial charge in [-0.25, -0.2) is 13.1 Å². The van der Waals surface area contributed by atoms with Gasteiger partial charge in [-0.05, 0) is 40.9 Å². The van der Waals surface area contributed by atoms with E-state index in [2.05, 4.69) is 4.72 Å².